The van der Waals surface area contributed by atoms with Crippen LogP contribution in [0.5, 0.6) is 0 Å². The number of aromatic nitrogens is 2. The van der Waals surface area contributed by atoms with Gasteiger partial charge in [0.2, 0.25) is 0 Å². The lowest BCUT2D eigenvalue weighted by molar-refractivity contribution is 0.568. The Labute approximate surface area is 112 Å². The molecule has 0 saturated heterocycles. The zero-order valence-corrected chi connectivity index (χ0v) is 11.3. The SMILES string of the molecule is Cc1cc(C)c(-n2ccnc2-c2ccoc2)c(C)c1. The van der Waals surface area contributed by atoms with Gasteiger partial charge in [-0.25, -0.2) is 4.98 Å². The van der Waals surface area contributed by atoms with Crippen molar-refractivity contribution in [3.63, 3.8) is 0 Å². The van der Waals surface area contributed by atoms with E-state index in [1.165, 1.54) is 22.4 Å². The standard InChI is InChI=1S/C16H16N2O/c1-11-8-12(2)15(13(3)9-11)18-6-5-17-16(18)14-4-7-19-10-14/h4-10H,1-3H3. The Morgan fingerprint density at radius 2 is 1.84 bits per heavy atom. The summed E-state index contributed by atoms with van der Waals surface area (Å²) >= 11 is 0. The van der Waals surface area contributed by atoms with Crippen LogP contribution in [0.15, 0.2) is 47.5 Å². The molecule has 0 aliphatic rings. The summed E-state index contributed by atoms with van der Waals surface area (Å²) in [4.78, 5) is 4.44. The van der Waals surface area contributed by atoms with Gasteiger partial charge in [0.25, 0.3) is 0 Å². The Balaban J connectivity index is 2.22. The molecule has 3 heteroatoms. The molecule has 0 unspecified atom stereocenters. The van der Waals surface area contributed by atoms with Crippen LogP contribution in [0, 0.1) is 20.8 Å². The molecule has 1 aromatic carbocycles. The molecular weight excluding hydrogens is 236 g/mol. The van der Waals surface area contributed by atoms with Gasteiger partial charge in [0.1, 0.15) is 12.1 Å². The van der Waals surface area contributed by atoms with Crippen molar-refractivity contribution in [2.75, 3.05) is 0 Å². The minimum absolute atomic E-state index is 0.906. The first kappa shape index (κ1) is 11.8. The number of imidazole rings is 1. The van der Waals surface area contributed by atoms with Crippen molar-refractivity contribution >= 4 is 0 Å². The molecule has 19 heavy (non-hydrogen) atoms. The summed E-state index contributed by atoms with van der Waals surface area (Å²) in [7, 11) is 0. The van der Waals surface area contributed by atoms with Crippen molar-refractivity contribution in [2.24, 2.45) is 0 Å². The quantitative estimate of drug-likeness (QED) is 0.688. The summed E-state index contributed by atoms with van der Waals surface area (Å²) in [5.41, 5.74) is 5.97. The highest BCUT2D eigenvalue weighted by Crippen LogP contribution is 2.26. The number of aryl methyl sites for hydroxylation is 3. The van der Waals surface area contributed by atoms with Gasteiger partial charge >= 0.3 is 0 Å². The number of furan rings is 1. The number of hydrogen-bond donors (Lipinski definition) is 0. The maximum Gasteiger partial charge on any atom is 0.147 e. The van der Waals surface area contributed by atoms with E-state index in [0.29, 0.717) is 0 Å². The summed E-state index contributed by atoms with van der Waals surface area (Å²) in [6.07, 6.45) is 7.20. The van der Waals surface area contributed by atoms with E-state index in [4.69, 9.17) is 4.42 Å². The third-order valence-electron chi connectivity index (χ3n) is 3.30. The number of hydrogen-bond acceptors (Lipinski definition) is 2. The maximum atomic E-state index is 5.16. The smallest absolute Gasteiger partial charge is 0.147 e. The normalized spacial score (nSPS) is 10.9. The summed E-state index contributed by atoms with van der Waals surface area (Å²) in [5, 5.41) is 0. The van der Waals surface area contributed by atoms with Crippen LogP contribution in [-0.4, -0.2) is 9.55 Å². The van der Waals surface area contributed by atoms with Crippen LogP contribution in [0.4, 0.5) is 0 Å². The zero-order valence-electron chi connectivity index (χ0n) is 11.3. The third-order valence-corrected chi connectivity index (χ3v) is 3.30. The van der Waals surface area contributed by atoms with Crippen LogP contribution in [0.1, 0.15) is 16.7 Å². The summed E-state index contributed by atoms with van der Waals surface area (Å²) < 4.78 is 7.28. The lowest BCUT2D eigenvalue weighted by atomic mass is 10.0. The Kier molecular flexibility index (Phi) is 2.75. The Hall–Kier alpha value is -2.29. The van der Waals surface area contributed by atoms with E-state index in [-0.39, 0.29) is 0 Å². The molecule has 0 atom stereocenters. The first-order valence-electron chi connectivity index (χ1n) is 6.31. The predicted octanol–water partition coefficient (Wildman–Crippen LogP) is 4.06. The average molecular weight is 252 g/mol. The lowest BCUT2D eigenvalue weighted by Gasteiger charge is -2.14. The van der Waals surface area contributed by atoms with E-state index < -0.39 is 0 Å². The second-order valence-corrected chi connectivity index (χ2v) is 4.88. The van der Waals surface area contributed by atoms with Gasteiger partial charge < -0.3 is 4.42 Å². The molecule has 0 N–H and O–H groups in total. The highest BCUT2D eigenvalue weighted by Gasteiger charge is 2.12. The van der Waals surface area contributed by atoms with Crippen LogP contribution in [-0.2, 0) is 0 Å². The molecule has 0 amide bonds. The third kappa shape index (κ3) is 1.97. The molecule has 0 saturated carbocycles. The van der Waals surface area contributed by atoms with E-state index in [2.05, 4.69) is 42.5 Å². The van der Waals surface area contributed by atoms with Gasteiger partial charge in [0.05, 0.1) is 17.5 Å². The Morgan fingerprint density at radius 1 is 1.11 bits per heavy atom. The fourth-order valence-electron chi connectivity index (χ4n) is 2.64. The van der Waals surface area contributed by atoms with Gasteiger partial charge in [-0.05, 0) is 38.0 Å². The first-order chi connectivity index (χ1) is 9.16. The van der Waals surface area contributed by atoms with E-state index in [0.717, 1.165) is 11.4 Å². The van der Waals surface area contributed by atoms with Gasteiger partial charge in [0.15, 0.2) is 0 Å². The number of benzene rings is 1. The molecule has 0 aliphatic heterocycles. The minimum Gasteiger partial charge on any atom is -0.472 e. The van der Waals surface area contributed by atoms with Crippen molar-refractivity contribution in [3.8, 4) is 17.1 Å². The highest BCUT2D eigenvalue weighted by molar-refractivity contribution is 5.60. The van der Waals surface area contributed by atoms with Crippen LogP contribution >= 0.6 is 0 Å². The van der Waals surface area contributed by atoms with Crippen LogP contribution in [0.2, 0.25) is 0 Å². The molecule has 0 spiro atoms. The monoisotopic (exact) mass is 252 g/mol. The lowest BCUT2D eigenvalue weighted by Crippen LogP contribution is -2.01. The van der Waals surface area contributed by atoms with Crippen molar-refractivity contribution in [1.82, 2.24) is 9.55 Å². The van der Waals surface area contributed by atoms with Gasteiger partial charge in [-0.15, -0.1) is 0 Å². The fourth-order valence-corrected chi connectivity index (χ4v) is 2.64. The molecular formula is C16H16N2O. The molecule has 2 heterocycles. The second-order valence-electron chi connectivity index (χ2n) is 4.88. The van der Waals surface area contributed by atoms with Crippen LogP contribution in [0.3, 0.4) is 0 Å². The Morgan fingerprint density at radius 3 is 2.47 bits per heavy atom. The molecule has 0 fully saturated rings. The highest BCUT2D eigenvalue weighted by atomic mass is 16.3. The number of nitrogens with zero attached hydrogens (tertiary/aromatic N) is 2. The summed E-state index contributed by atoms with van der Waals surface area (Å²) in [6.45, 7) is 6.39. The van der Waals surface area contributed by atoms with Crippen LogP contribution in [0.25, 0.3) is 17.1 Å². The Bertz CT molecular complexity index is 685. The van der Waals surface area contributed by atoms with Crippen molar-refractivity contribution in [2.45, 2.75) is 20.8 Å². The molecule has 3 nitrogen and oxygen atoms in total. The van der Waals surface area contributed by atoms with Crippen LogP contribution < -0.4 is 0 Å². The van der Waals surface area contributed by atoms with Gasteiger partial charge in [0, 0.05) is 12.4 Å². The van der Waals surface area contributed by atoms with Crippen molar-refractivity contribution in [1.29, 1.82) is 0 Å². The average Bonchev–Trinajstić information content (AvgIpc) is 2.96. The molecule has 0 bridgehead atoms. The first-order valence-corrected chi connectivity index (χ1v) is 6.31. The van der Waals surface area contributed by atoms with Crippen molar-refractivity contribution < 1.29 is 4.42 Å². The molecule has 96 valence electrons. The summed E-state index contributed by atoms with van der Waals surface area (Å²) in [5.74, 6) is 0.906. The molecule has 0 aliphatic carbocycles. The van der Waals surface area contributed by atoms with E-state index >= 15 is 0 Å². The molecule has 3 rings (SSSR count). The minimum atomic E-state index is 0.906. The van der Waals surface area contributed by atoms with Gasteiger partial charge in [-0.1, -0.05) is 17.7 Å². The topological polar surface area (TPSA) is 31.0 Å². The second kappa shape index (κ2) is 4.43. The van der Waals surface area contributed by atoms with Crippen molar-refractivity contribution in [3.05, 3.63) is 59.8 Å². The van der Waals surface area contributed by atoms with Gasteiger partial charge in [-0.2, -0.15) is 0 Å². The molecule has 2 aromatic heterocycles. The molecule has 3 aromatic rings. The predicted molar refractivity (Wildman–Crippen MR) is 75.5 cm³/mol. The van der Waals surface area contributed by atoms with Gasteiger partial charge in [-0.3, -0.25) is 4.57 Å². The van der Waals surface area contributed by atoms with E-state index in [9.17, 15) is 0 Å². The summed E-state index contributed by atoms with van der Waals surface area (Å²) in [6, 6.07) is 6.32. The fraction of sp³-hybridized carbons (Fsp3) is 0.188. The molecule has 0 radical (unpaired) electrons. The van der Waals surface area contributed by atoms with E-state index in [1.54, 1.807) is 12.5 Å². The number of rotatable bonds is 2. The largest absolute Gasteiger partial charge is 0.472 e. The zero-order chi connectivity index (χ0) is 13.4. The maximum absolute atomic E-state index is 5.16. The van der Waals surface area contributed by atoms with E-state index in [1.807, 2.05) is 18.5 Å².